The molecule has 2 aliphatic carbocycles. The molecule has 7 heteroatoms. The van der Waals surface area contributed by atoms with E-state index in [2.05, 4.69) is 24.8 Å². The first kappa shape index (κ1) is 14.7. The standard InChI is InChI=1S/C16H24N6O/c17-14-13-15(22(9-18-13)11-3-1-2-4-11)21-16(20-14)19-10-5-7-12(23)8-6-10/h9-12,23H,1-8H2,(H3,17,19,20,21). The molecule has 0 bridgehead atoms. The fourth-order valence-electron chi connectivity index (χ4n) is 3.86. The van der Waals surface area contributed by atoms with Crippen LogP contribution in [0.2, 0.25) is 0 Å². The highest BCUT2D eigenvalue weighted by Gasteiger charge is 2.23. The molecule has 2 heterocycles. The Hall–Kier alpha value is -1.89. The highest BCUT2D eigenvalue weighted by Crippen LogP contribution is 2.32. The van der Waals surface area contributed by atoms with Gasteiger partial charge in [-0.2, -0.15) is 9.97 Å². The molecule has 0 aliphatic heterocycles. The molecule has 2 saturated carbocycles. The largest absolute Gasteiger partial charge is 0.393 e. The Balaban J connectivity index is 1.61. The van der Waals surface area contributed by atoms with E-state index in [4.69, 9.17) is 5.73 Å². The van der Waals surface area contributed by atoms with Crippen molar-refractivity contribution in [2.75, 3.05) is 11.1 Å². The highest BCUT2D eigenvalue weighted by atomic mass is 16.3. The molecule has 7 nitrogen and oxygen atoms in total. The summed E-state index contributed by atoms with van der Waals surface area (Å²) in [4.78, 5) is 13.5. The van der Waals surface area contributed by atoms with Gasteiger partial charge in [-0.05, 0) is 38.5 Å². The van der Waals surface area contributed by atoms with E-state index in [1.165, 1.54) is 25.7 Å². The van der Waals surface area contributed by atoms with Crippen LogP contribution in [0.25, 0.3) is 11.2 Å². The third-order valence-corrected chi connectivity index (χ3v) is 5.20. The number of fused-ring (bicyclic) bond motifs is 1. The number of aliphatic hydroxyl groups is 1. The molecule has 4 N–H and O–H groups in total. The minimum absolute atomic E-state index is 0.162. The van der Waals surface area contributed by atoms with Crippen molar-refractivity contribution in [3.63, 3.8) is 0 Å². The van der Waals surface area contributed by atoms with Crippen LogP contribution in [0.4, 0.5) is 11.8 Å². The van der Waals surface area contributed by atoms with Gasteiger partial charge >= 0.3 is 0 Å². The fourth-order valence-corrected chi connectivity index (χ4v) is 3.86. The summed E-state index contributed by atoms with van der Waals surface area (Å²) < 4.78 is 2.16. The van der Waals surface area contributed by atoms with Crippen molar-refractivity contribution in [3.05, 3.63) is 6.33 Å². The summed E-state index contributed by atoms with van der Waals surface area (Å²) in [5.41, 5.74) is 7.62. The van der Waals surface area contributed by atoms with Crippen molar-refractivity contribution in [2.24, 2.45) is 0 Å². The molecule has 2 fully saturated rings. The molecular weight excluding hydrogens is 292 g/mol. The second-order valence-corrected chi connectivity index (χ2v) is 6.84. The molecule has 23 heavy (non-hydrogen) atoms. The maximum atomic E-state index is 9.62. The number of hydrogen-bond acceptors (Lipinski definition) is 6. The van der Waals surface area contributed by atoms with Gasteiger partial charge in [-0.15, -0.1) is 0 Å². The number of nitrogens with two attached hydrogens (primary N) is 1. The normalized spacial score (nSPS) is 26.0. The van der Waals surface area contributed by atoms with Crippen LogP contribution < -0.4 is 11.1 Å². The molecule has 0 unspecified atom stereocenters. The summed E-state index contributed by atoms with van der Waals surface area (Å²) in [6.07, 6.45) is 10.1. The molecule has 0 aromatic carbocycles. The van der Waals surface area contributed by atoms with Crippen LogP contribution in [-0.2, 0) is 0 Å². The van der Waals surface area contributed by atoms with E-state index in [1.807, 2.05) is 6.33 Å². The first-order valence-electron chi connectivity index (χ1n) is 8.65. The Kier molecular flexibility index (Phi) is 3.80. The van der Waals surface area contributed by atoms with Crippen molar-refractivity contribution in [1.29, 1.82) is 0 Å². The number of aromatic nitrogens is 4. The predicted octanol–water partition coefficient (Wildman–Crippen LogP) is 2.24. The van der Waals surface area contributed by atoms with E-state index < -0.39 is 0 Å². The average Bonchev–Trinajstić information content (AvgIpc) is 3.18. The van der Waals surface area contributed by atoms with E-state index in [9.17, 15) is 5.11 Å². The van der Waals surface area contributed by atoms with Gasteiger partial charge in [0.15, 0.2) is 11.5 Å². The van der Waals surface area contributed by atoms with Gasteiger partial charge in [-0.25, -0.2) is 4.98 Å². The maximum absolute atomic E-state index is 9.62. The third kappa shape index (κ3) is 2.85. The topological polar surface area (TPSA) is 102 Å². The Morgan fingerprint density at radius 3 is 2.57 bits per heavy atom. The molecule has 2 aromatic heterocycles. The van der Waals surface area contributed by atoms with Crippen LogP contribution in [0, 0.1) is 0 Å². The summed E-state index contributed by atoms with van der Waals surface area (Å²) in [5.74, 6) is 1.02. The first-order chi connectivity index (χ1) is 11.2. The SMILES string of the molecule is Nc1nc(NC2CCC(O)CC2)nc2c1ncn2C1CCCC1. The van der Waals surface area contributed by atoms with E-state index in [-0.39, 0.29) is 6.10 Å². The summed E-state index contributed by atoms with van der Waals surface area (Å²) in [5, 5.41) is 13.0. The summed E-state index contributed by atoms with van der Waals surface area (Å²) in [6, 6.07) is 0.782. The first-order valence-corrected chi connectivity index (χ1v) is 8.65. The number of rotatable bonds is 3. The molecule has 0 saturated heterocycles. The molecule has 124 valence electrons. The molecule has 2 aromatic rings. The molecule has 2 aliphatic rings. The Bertz CT molecular complexity index is 685. The number of hydrogen-bond donors (Lipinski definition) is 3. The number of imidazole rings is 1. The van der Waals surface area contributed by atoms with Crippen molar-refractivity contribution >= 4 is 22.9 Å². The lowest BCUT2D eigenvalue weighted by molar-refractivity contribution is 0.126. The van der Waals surface area contributed by atoms with Gasteiger partial charge in [0.2, 0.25) is 5.95 Å². The van der Waals surface area contributed by atoms with Crippen LogP contribution in [0.5, 0.6) is 0 Å². The smallest absolute Gasteiger partial charge is 0.226 e. The Morgan fingerprint density at radius 1 is 1.09 bits per heavy atom. The van der Waals surface area contributed by atoms with Gasteiger partial charge < -0.3 is 20.7 Å². The van der Waals surface area contributed by atoms with E-state index in [1.54, 1.807) is 0 Å². The zero-order valence-electron chi connectivity index (χ0n) is 13.3. The second-order valence-electron chi connectivity index (χ2n) is 6.84. The van der Waals surface area contributed by atoms with Crippen LogP contribution >= 0.6 is 0 Å². The van der Waals surface area contributed by atoms with Crippen molar-refractivity contribution < 1.29 is 5.11 Å². The summed E-state index contributed by atoms with van der Waals surface area (Å²) in [6.45, 7) is 0. The minimum Gasteiger partial charge on any atom is -0.393 e. The third-order valence-electron chi connectivity index (χ3n) is 5.20. The van der Waals surface area contributed by atoms with Gasteiger partial charge in [0.1, 0.15) is 5.52 Å². The lowest BCUT2D eigenvalue weighted by Crippen LogP contribution is -2.29. The van der Waals surface area contributed by atoms with E-state index in [0.29, 0.717) is 29.4 Å². The zero-order chi connectivity index (χ0) is 15.8. The van der Waals surface area contributed by atoms with E-state index >= 15 is 0 Å². The summed E-state index contributed by atoms with van der Waals surface area (Å²) in [7, 11) is 0. The Labute approximate surface area is 135 Å². The Morgan fingerprint density at radius 2 is 1.83 bits per heavy atom. The van der Waals surface area contributed by atoms with Crippen molar-refractivity contribution in [3.8, 4) is 0 Å². The fraction of sp³-hybridized carbons (Fsp3) is 0.688. The van der Waals surface area contributed by atoms with Gasteiger partial charge in [-0.1, -0.05) is 12.8 Å². The number of anilines is 2. The quantitative estimate of drug-likeness (QED) is 0.802. The van der Waals surface area contributed by atoms with Crippen molar-refractivity contribution in [2.45, 2.75) is 69.6 Å². The van der Waals surface area contributed by atoms with Crippen LogP contribution in [-0.4, -0.2) is 36.8 Å². The predicted molar refractivity (Wildman–Crippen MR) is 89.1 cm³/mol. The molecule has 0 amide bonds. The minimum atomic E-state index is -0.162. The summed E-state index contributed by atoms with van der Waals surface area (Å²) >= 11 is 0. The number of nitrogens with zero attached hydrogens (tertiary/aromatic N) is 4. The average molecular weight is 316 g/mol. The zero-order valence-corrected chi connectivity index (χ0v) is 13.3. The maximum Gasteiger partial charge on any atom is 0.226 e. The number of aliphatic hydroxyl groups excluding tert-OH is 1. The monoisotopic (exact) mass is 316 g/mol. The molecule has 4 rings (SSSR count). The lowest BCUT2D eigenvalue weighted by Gasteiger charge is -2.26. The van der Waals surface area contributed by atoms with E-state index in [0.717, 1.165) is 31.3 Å². The van der Waals surface area contributed by atoms with Crippen molar-refractivity contribution in [1.82, 2.24) is 19.5 Å². The van der Waals surface area contributed by atoms with Crippen LogP contribution in [0.1, 0.15) is 57.4 Å². The number of nitrogens with one attached hydrogen (secondary N) is 1. The lowest BCUT2D eigenvalue weighted by atomic mass is 9.93. The van der Waals surface area contributed by atoms with Crippen LogP contribution in [0.3, 0.4) is 0 Å². The van der Waals surface area contributed by atoms with Gasteiger partial charge in [-0.3, -0.25) is 0 Å². The van der Waals surface area contributed by atoms with Crippen LogP contribution in [0.15, 0.2) is 6.33 Å². The van der Waals surface area contributed by atoms with Gasteiger partial charge in [0.25, 0.3) is 0 Å². The number of nitrogen functional groups attached to an aromatic ring is 1. The highest BCUT2D eigenvalue weighted by molar-refractivity contribution is 5.83. The molecule has 0 atom stereocenters. The van der Waals surface area contributed by atoms with Gasteiger partial charge in [0, 0.05) is 12.1 Å². The second kappa shape index (κ2) is 5.96. The van der Waals surface area contributed by atoms with Gasteiger partial charge in [0.05, 0.1) is 12.4 Å². The molecular formula is C16H24N6O. The molecule has 0 spiro atoms. The molecule has 0 radical (unpaired) electrons.